The molecule has 0 spiro atoms. The Hall–Kier alpha value is -2.41. The van der Waals surface area contributed by atoms with Gasteiger partial charge in [-0.2, -0.15) is 0 Å². The topological polar surface area (TPSA) is 97.1 Å². The molecular weight excluding hydrogens is 276 g/mol. The van der Waals surface area contributed by atoms with Crippen LogP contribution in [0.5, 0.6) is 0 Å². The summed E-state index contributed by atoms with van der Waals surface area (Å²) >= 11 is 1.24. The van der Waals surface area contributed by atoms with E-state index >= 15 is 0 Å². The van der Waals surface area contributed by atoms with Gasteiger partial charge in [-0.05, 0) is 18.6 Å². The lowest BCUT2D eigenvalue weighted by Crippen LogP contribution is -2.21. The number of rotatable bonds is 5. The van der Waals surface area contributed by atoms with E-state index in [1.54, 1.807) is 5.38 Å². The lowest BCUT2D eigenvalue weighted by atomic mass is 10.2. The van der Waals surface area contributed by atoms with Crippen molar-refractivity contribution in [2.75, 3.05) is 17.2 Å². The van der Waals surface area contributed by atoms with Crippen LogP contribution in [-0.2, 0) is 4.79 Å². The van der Waals surface area contributed by atoms with Gasteiger partial charge in [0.2, 0.25) is 5.91 Å². The Morgan fingerprint density at radius 2 is 2.10 bits per heavy atom. The summed E-state index contributed by atoms with van der Waals surface area (Å²) in [5.41, 5.74) is 7.04. The number of nitrogens with one attached hydrogen (secondary N) is 2. The molecule has 0 unspecified atom stereocenters. The minimum Gasteiger partial charge on any atom is -0.368 e. The Bertz CT molecular complexity index is 639. The number of anilines is 2. The largest absolute Gasteiger partial charge is 0.368 e. The van der Waals surface area contributed by atoms with E-state index in [-0.39, 0.29) is 12.5 Å². The van der Waals surface area contributed by atoms with Crippen LogP contribution >= 0.6 is 11.3 Å². The third-order valence-electron chi connectivity index (χ3n) is 2.54. The minimum absolute atomic E-state index is 0.00757. The lowest BCUT2D eigenvalue weighted by Gasteiger charge is -2.06. The predicted molar refractivity (Wildman–Crippen MR) is 78.9 cm³/mol. The first-order valence-electron chi connectivity index (χ1n) is 5.91. The first-order chi connectivity index (χ1) is 9.56. The number of benzene rings is 1. The summed E-state index contributed by atoms with van der Waals surface area (Å²) in [6, 6.07) is 7.49. The summed E-state index contributed by atoms with van der Waals surface area (Å²) in [5, 5.41) is 7.64. The van der Waals surface area contributed by atoms with E-state index in [0.717, 1.165) is 11.3 Å². The fourth-order valence-corrected chi connectivity index (χ4v) is 2.21. The van der Waals surface area contributed by atoms with E-state index in [0.29, 0.717) is 10.8 Å². The predicted octanol–water partition coefficient (Wildman–Crippen LogP) is 1.60. The molecule has 1 heterocycles. The highest BCUT2D eigenvalue weighted by atomic mass is 32.1. The lowest BCUT2D eigenvalue weighted by molar-refractivity contribution is -0.116. The normalized spacial score (nSPS) is 10.1. The van der Waals surface area contributed by atoms with Gasteiger partial charge in [-0.1, -0.05) is 18.2 Å². The van der Waals surface area contributed by atoms with Crippen LogP contribution in [0.4, 0.5) is 10.8 Å². The Kier molecular flexibility index (Phi) is 4.31. The molecule has 2 rings (SSSR count). The maximum atomic E-state index is 12.0. The number of para-hydroxylation sites is 1. The van der Waals surface area contributed by atoms with Gasteiger partial charge in [0.25, 0.3) is 5.91 Å². The number of thiazole rings is 1. The molecule has 4 N–H and O–H groups in total. The molecule has 0 aliphatic carbocycles. The van der Waals surface area contributed by atoms with Gasteiger partial charge in [0.15, 0.2) is 5.13 Å². The second-order valence-corrected chi connectivity index (χ2v) is 4.98. The summed E-state index contributed by atoms with van der Waals surface area (Å²) in [4.78, 5) is 26.8. The standard InChI is InChI=1S/C13H14N4O2S/c1-8-4-2-3-5-9(8)16-12(19)10-7-20-13(17-10)15-6-11(14)18/h2-5,7H,6H2,1H3,(H2,14,18)(H,15,17)(H,16,19). The average molecular weight is 290 g/mol. The molecule has 0 aliphatic rings. The highest BCUT2D eigenvalue weighted by Crippen LogP contribution is 2.18. The number of aryl methyl sites for hydroxylation is 1. The van der Waals surface area contributed by atoms with Crippen molar-refractivity contribution in [3.05, 3.63) is 40.9 Å². The fourth-order valence-electron chi connectivity index (χ4n) is 1.52. The molecule has 0 aliphatic heterocycles. The zero-order valence-electron chi connectivity index (χ0n) is 10.8. The smallest absolute Gasteiger partial charge is 0.275 e. The van der Waals surface area contributed by atoms with Gasteiger partial charge < -0.3 is 16.4 Å². The SMILES string of the molecule is Cc1ccccc1NC(=O)c1csc(NCC(N)=O)n1. The molecule has 0 radical (unpaired) electrons. The summed E-state index contributed by atoms with van der Waals surface area (Å²) in [6.07, 6.45) is 0. The Morgan fingerprint density at radius 1 is 1.35 bits per heavy atom. The third kappa shape index (κ3) is 3.55. The molecule has 0 fully saturated rings. The van der Waals surface area contributed by atoms with Crippen LogP contribution in [-0.4, -0.2) is 23.3 Å². The van der Waals surface area contributed by atoms with Crippen molar-refractivity contribution in [3.63, 3.8) is 0 Å². The molecular formula is C13H14N4O2S. The molecule has 0 saturated heterocycles. The molecule has 1 aromatic heterocycles. The van der Waals surface area contributed by atoms with Crippen molar-refractivity contribution in [1.29, 1.82) is 0 Å². The van der Waals surface area contributed by atoms with E-state index in [9.17, 15) is 9.59 Å². The second-order valence-electron chi connectivity index (χ2n) is 4.13. The van der Waals surface area contributed by atoms with Crippen LogP contribution in [0.15, 0.2) is 29.6 Å². The van der Waals surface area contributed by atoms with E-state index in [2.05, 4.69) is 15.6 Å². The number of primary amides is 1. The molecule has 104 valence electrons. The first-order valence-corrected chi connectivity index (χ1v) is 6.79. The van der Waals surface area contributed by atoms with Crippen molar-refractivity contribution in [1.82, 2.24) is 4.98 Å². The molecule has 0 bridgehead atoms. The van der Waals surface area contributed by atoms with Crippen molar-refractivity contribution in [2.45, 2.75) is 6.92 Å². The van der Waals surface area contributed by atoms with Gasteiger partial charge in [0.05, 0.1) is 6.54 Å². The number of aromatic nitrogens is 1. The van der Waals surface area contributed by atoms with E-state index in [1.807, 2.05) is 31.2 Å². The van der Waals surface area contributed by atoms with Gasteiger partial charge in [0, 0.05) is 11.1 Å². The van der Waals surface area contributed by atoms with Crippen LogP contribution in [0.3, 0.4) is 0 Å². The Morgan fingerprint density at radius 3 is 2.80 bits per heavy atom. The Balaban J connectivity index is 2.03. The molecule has 0 atom stereocenters. The van der Waals surface area contributed by atoms with Crippen LogP contribution in [0, 0.1) is 6.92 Å². The molecule has 2 amide bonds. The first kappa shape index (κ1) is 14.0. The van der Waals surface area contributed by atoms with Crippen molar-refractivity contribution < 1.29 is 9.59 Å². The van der Waals surface area contributed by atoms with Crippen molar-refractivity contribution >= 4 is 34.0 Å². The summed E-state index contributed by atoms with van der Waals surface area (Å²) in [5.74, 6) is -0.770. The van der Waals surface area contributed by atoms with Crippen LogP contribution in [0.1, 0.15) is 16.1 Å². The third-order valence-corrected chi connectivity index (χ3v) is 3.34. The molecule has 2 aromatic rings. The van der Waals surface area contributed by atoms with E-state index in [1.165, 1.54) is 11.3 Å². The van der Waals surface area contributed by atoms with Crippen molar-refractivity contribution in [3.8, 4) is 0 Å². The highest BCUT2D eigenvalue weighted by Gasteiger charge is 2.12. The number of carbonyl (C=O) groups excluding carboxylic acids is 2. The summed E-state index contributed by atoms with van der Waals surface area (Å²) in [7, 11) is 0. The number of nitrogens with zero attached hydrogens (tertiary/aromatic N) is 1. The maximum Gasteiger partial charge on any atom is 0.275 e. The van der Waals surface area contributed by atoms with Gasteiger partial charge in [-0.15, -0.1) is 11.3 Å². The zero-order chi connectivity index (χ0) is 14.5. The Labute approximate surface area is 120 Å². The minimum atomic E-state index is -0.480. The number of carbonyl (C=O) groups is 2. The zero-order valence-corrected chi connectivity index (χ0v) is 11.7. The van der Waals surface area contributed by atoms with E-state index < -0.39 is 5.91 Å². The van der Waals surface area contributed by atoms with Gasteiger partial charge >= 0.3 is 0 Å². The van der Waals surface area contributed by atoms with Crippen molar-refractivity contribution in [2.24, 2.45) is 5.73 Å². The van der Waals surface area contributed by atoms with E-state index in [4.69, 9.17) is 5.73 Å². The highest BCUT2D eigenvalue weighted by molar-refractivity contribution is 7.13. The molecule has 0 saturated carbocycles. The van der Waals surface area contributed by atoms with Crippen LogP contribution in [0.25, 0.3) is 0 Å². The summed E-state index contributed by atoms with van der Waals surface area (Å²) in [6.45, 7) is 1.91. The summed E-state index contributed by atoms with van der Waals surface area (Å²) < 4.78 is 0. The van der Waals surface area contributed by atoms with Crippen LogP contribution in [0.2, 0.25) is 0 Å². The quantitative estimate of drug-likeness (QED) is 0.779. The fraction of sp³-hybridized carbons (Fsp3) is 0.154. The monoisotopic (exact) mass is 290 g/mol. The number of hydrogen-bond donors (Lipinski definition) is 3. The number of nitrogens with two attached hydrogens (primary N) is 1. The van der Waals surface area contributed by atoms with Gasteiger partial charge in [0.1, 0.15) is 5.69 Å². The molecule has 20 heavy (non-hydrogen) atoms. The van der Waals surface area contributed by atoms with Gasteiger partial charge in [-0.3, -0.25) is 9.59 Å². The number of hydrogen-bond acceptors (Lipinski definition) is 5. The second kappa shape index (κ2) is 6.16. The number of amides is 2. The molecule has 6 nitrogen and oxygen atoms in total. The van der Waals surface area contributed by atoms with Crippen LogP contribution < -0.4 is 16.4 Å². The molecule has 1 aromatic carbocycles. The maximum absolute atomic E-state index is 12.0. The molecule has 7 heteroatoms. The van der Waals surface area contributed by atoms with Gasteiger partial charge in [-0.25, -0.2) is 4.98 Å². The average Bonchev–Trinajstić information content (AvgIpc) is 2.88.